The Bertz CT molecular complexity index is 1200. The van der Waals surface area contributed by atoms with Gasteiger partial charge in [-0.1, -0.05) is 24.8 Å². The van der Waals surface area contributed by atoms with Crippen molar-refractivity contribution in [1.29, 1.82) is 0 Å². The minimum Gasteiger partial charge on any atom is -0.504 e. The van der Waals surface area contributed by atoms with Crippen LogP contribution in [-0.2, 0) is 23.9 Å². The largest absolute Gasteiger partial charge is 0.504 e. The van der Waals surface area contributed by atoms with Gasteiger partial charge in [0.25, 0.3) is 0 Å². The average molecular weight is 512 g/mol. The Kier molecular flexibility index (Phi) is 9.17. The molecular formula is C27H29NO9. The Morgan fingerprint density at radius 2 is 1.46 bits per heavy atom. The molecule has 1 aliphatic rings. The van der Waals surface area contributed by atoms with Gasteiger partial charge in [-0.3, -0.25) is 9.63 Å². The fourth-order valence-electron chi connectivity index (χ4n) is 3.85. The van der Waals surface area contributed by atoms with E-state index in [2.05, 4.69) is 12.1 Å². The normalized spacial score (nSPS) is 19.5. The van der Waals surface area contributed by atoms with Gasteiger partial charge in [0.1, 0.15) is 18.0 Å². The summed E-state index contributed by atoms with van der Waals surface area (Å²) in [5, 5.41) is 38.1. The number of hydrogen-bond acceptors (Lipinski definition) is 9. The Morgan fingerprint density at radius 1 is 0.865 bits per heavy atom. The molecule has 37 heavy (non-hydrogen) atoms. The van der Waals surface area contributed by atoms with Crippen LogP contribution in [0.1, 0.15) is 30.4 Å². The van der Waals surface area contributed by atoms with E-state index in [1.165, 1.54) is 49.6 Å². The van der Waals surface area contributed by atoms with Crippen molar-refractivity contribution in [3.63, 3.8) is 0 Å². The molecule has 1 aliphatic carbocycles. The van der Waals surface area contributed by atoms with E-state index in [1.54, 1.807) is 18.2 Å². The molecule has 0 spiro atoms. The maximum Gasteiger partial charge on any atom is 0.331 e. The molecule has 2 aromatic carbocycles. The molecule has 1 fully saturated rings. The Labute approximate surface area is 213 Å². The second-order valence-electron chi connectivity index (χ2n) is 8.44. The van der Waals surface area contributed by atoms with E-state index in [1.807, 2.05) is 0 Å². The Balaban J connectivity index is 1.68. The van der Waals surface area contributed by atoms with Gasteiger partial charge in [-0.15, -0.1) is 0 Å². The lowest BCUT2D eigenvalue weighted by atomic mass is 9.84. The number of hydroxylamine groups is 1. The molecule has 1 saturated carbocycles. The van der Waals surface area contributed by atoms with E-state index in [9.17, 15) is 30.0 Å². The molecule has 0 aliphatic heterocycles. The number of rotatable bonds is 9. The standard InChI is InChI=1S/C27H29NO9/c1-16(3-4-17-5-9-20(29)22(31)13-17)36-25-15-19(27(34)28-35-2)8-11-24(25)37-26(33)12-7-18-6-10-21(30)23(32)14-18/h3-7,9-10,12-14,19,24-25,29-32H,1,8,11,15H2,2H3,(H,28,34)/b4-3+,12-7+/t19?,24-,25-/m1/s1. The molecule has 1 amide bonds. The number of hydrogen-bond donors (Lipinski definition) is 5. The van der Waals surface area contributed by atoms with E-state index in [0.717, 1.165) is 0 Å². The van der Waals surface area contributed by atoms with Gasteiger partial charge in [-0.05, 0) is 66.8 Å². The predicted molar refractivity (Wildman–Crippen MR) is 134 cm³/mol. The fraction of sp³-hybridized carbons (Fsp3) is 0.259. The smallest absolute Gasteiger partial charge is 0.331 e. The quantitative estimate of drug-likeness (QED) is 0.0849. The molecule has 196 valence electrons. The molecule has 0 aromatic heterocycles. The second kappa shape index (κ2) is 12.5. The highest BCUT2D eigenvalue weighted by atomic mass is 16.6. The third-order valence-electron chi connectivity index (χ3n) is 5.75. The SMILES string of the molecule is C=C(/C=C/c1ccc(O)c(O)c1)O[C@@H]1CC(C(=O)NOC)CC[C@H]1OC(=O)/C=C/c1ccc(O)c(O)c1. The summed E-state index contributed by atoms with van der Waals surface area (Å²) < 4.78 is 11.6. The number of nitrogens with one attached hydrogen (secondary N) is 1. The van der Waals surface area contributed by atoms with Crippen LogP contribution in [0.25, 0.3) is 12.2 Å². The van der Waals surface area contributed by atoms with Crippen LogP contribution < -0.4 is 5.48 Å². The molecule has 0 radical (unpaired) electrons. The highest BCUT2D eigenvalue weighted by Gasteiger charge is 2.37. The van der Waals surface area contributed by atoms with Crippen LogP contribution in [-0.4, -0.2) is 51.6 Å². The number of benzene rings is 2. The number of carbonyl (C=O) groups is 2. The number of amides is 1. The van der Waals surface area contributed by atoms with Gasteiger partial charge in [0.15, 0.2) is 23.0 Å². The zero-order valence-corrected chi connectivity index (χ0v) is 20.2. The first-order valence-electron chi connectivity index (χ1n) is 11.5. The van der Waals surface area contributed by atoms with Gasteiger partial charge in [0.2, 0.25) is 5.91 Å². The molecule has 3 atom stereocenters. The van der Waals surface area contributed by atoms with Crippen molar-refractivity contribution < 1.29 is 44.3 Å². The van der Waals surface area contributed by atoms with Crippen LogP contribution in [0.15, 0.2) is 60.9 Å². The van der Waals surface area contributed by atoms with E-state index in [0.29, 0.717) is 24.0 Å². The van der Waals surface area contributed by atoms with E-state index >= 15 is 0 Å². The molecule has 3 rings (SSSR count). The fourth-order valence-corrected chi connectivity index (χ4v) is 3.85. The topological polar surface area (TPSA) is 155 Å². The number of carbonyl (C=O) groups excluding carboxylic acids is 2. The number of phenolic OH excluding ortho intramolecular Hbond substituents is 4. The van der Waals surface area contributed by atoms with E-state index in [4.69, 9.17) is 14.3 Å². The summed E-state index contributed by atoms with van der Waals surface area (Å²) in [4.78, 5) is 29.5. The van der Waals surface area contributed by atoms with E-state index < -0.39 is 24.1 Å². The maximum absolute atomic E-state index is 12.5. The number of aromatic hydroxyl groups is 4. The molecule has 10 heteroatoms. The first-order valence-corrected chi connectivity index (χ1v) is 11.5. The van der Waals surface area contributed by atoms with Crippen molar-refractivity contribution >= 4 is 24.0 Å². The van der Waals surface area contributed by atoms with Gasteiger partial charge in [-0.2, -0.15) is 0 Å². The molecule has 1 unspecified atom stereocenters. The third-order valence-corrected chi connectivity index (χ3v) is 5.75. The number of phenols is 4. The minimum absolute atomic E-state index is 0.238. The zero-order valence-electron chi connectivity index (χ0n) is 20.2. The lowest BCUT2D eigenvalue weighted by Gasteiger charge is -2.34. The van der Waals surface area contributed by atoms with Gasteiger partial charge in [0.05, 0.1) is 7.11 Å². The first-order chi connectivity index (χ1) is 17.7. The average Bonchev–Trinajstić information content (AvgIpc) is 2.86. The molecular weight excluding hydrogens is 482 g/mol. The van der Waals surface area contributed by atoms with Gasteiger partial charge in [0, 0.05) is 12.0 Å². The molecule has 10 nitrogen and oxygen atoms in total. The summed E-state index contributed by atoms with van der Waals surface area (Å²) in [6.45, 7) is 3.87. The molecule has 0 heterocycles. The highest BCUT2D eigenvalue weighted by molar-refractivity contribution is 5.87. The van der Waals surface area contributed by atoms with Crippen molar-refractivity contribution in [2.24, 2.45) is 5.92 Å². The summed E-state index contributed by atoms with van der Waals surface area (Å²) >= 11 is 0. The summed E-state index contributed by atoms with van der Waals surface area (Å²) in [7, 11) is 1.34. The number of ether oxygens (including phenoxy) is 2. The van der Waals surface area contributed by atoms with E-state index in [-0.39, 0.29) is 41.1 Å². The lowest BCUT2D eigenvalue weighted by Crippen LogP contribution is -2.43. The Hall–Kier alpha value is -4.44. The summed E-state index contributed by atoms with van der Waals surface area (Å²) in [5.41, 5.74) is 3.39. The molecule has 5 N–H and O–H groups in total. The van der Waals surface area contributed by atoms with Crippen LogP contribution in [0, 0.1) is 5.92 Å². The zero-order chi connectivity index (χ0) is 26.9. The van der Waals surface area contributed by atoms with Crippen LogP contribution in [0.3, 0.4) is 0 Å². The first kappa shape index (κ1) is 27.2. The summed E-state index contributed by atoms with van der Waals surface area (Å²) in [5.74, 6) is -2.24. The van der Waals surface area contributed by atoms with Gasteiger partial charge in [-0.25, -0.2) is 10.3 Å². The van der Waals surface area contributed by atoms with Crippen LogP contribution in [0.5, 0.6) is 23.0 Å². The lowest BCUT2D eigenvalue weighted by molar-refractivity contribution is -0.156. The van der Waals surface area contributed by atoms with Crippen LogP contribution in [0.2, 0.25) is 0 Å². The monoisotopic (exact) mass is 511 g/mol. The maximum atomic E-state index is 12.5. The van der Waals surface area contributed by atoms with Gasteiger partial charge < -0.3 is 29.9 Å². The Morgan fingerprint density at radius 3 is 2.03 bits per heavy atom. The summed E-state index contributed by atoms with van der Waals surface area (Å²) in [6.07, 6.45) is 5.50. The van der Waals surface area contributed by atoms with Crippen molar-refractivity contribution in [2.45, 2.75) is 31.5 Å². The molecule has 0 bridgehead atoms. The van der Waals surface area contributed by atoms with Crippen molar-refractivity contribution in [2.75, 3.05) is 7.11 Å². The third kappa shape index (κ3) is 7.77. The highest BCUT2D eigenvalue weighted by Crippen LogP contribution is 2.31. The summed E-state index contributed by atoms with van der Waals surface area (Å²) in [6, 6.07) is 8.44. The predicted octanol–water partition coefficient (Wildman–Crippen LogP) is 3.52. The van der Waals surface area contributed by atoms with Crippen molar-refractivity contribution in [3.05, 3.63) is 72.0 Å². The van der Waals surface area contributed by atoms with Crippen molar-refractivity contribution in [3.8, 4) is 23.0 Å². The van der Waals surface area contributed by atoms with Crippen LogP contribution in [0.4, 0.5) is 0 Å². The number of allylic oxidation sites excluding steroid dienone is 1. The van der Waals surface area contributed by atoms with Crippen molar-refractivity contribution in [1.82, 2.24) is 5.48 Å². The van der Waals surface area contributed by atoms with Gasteiger partial charge >= 0.3 is 5.97 Å². The molecule has 2 aromatic rings. The second-order valence-corrected chi connectivity index (χ2v) is 8.44. The number of esters is 1. The van der Waals surface area contributed by atoms with Crippen LogP contribution >= 0.6 is 0 Å². The minimum atomic E-state index is -0.679. The molecule has 0 saturated heterocycles.